The summed E-state index contributed by atoms with van der Waals surface area (Å²) in [6, 6.07) is 12.4. The lowest BCUT2D eigenvalue weighted by Gasteiger charge is -2.17. The SMILES string of the molecule is CCOC(=O)C1c2ccccc2CC1c1cccs1. The van der Waals surface area contributed by atoms with Crippen LogP contribution in [0.15, 0.2) is 41.8 Å². The lowest BCUT2D eigenvalue weighted by Crippen LogP contribution is -2.19. The zero-order valence-corrected chi connectivity index (χ0v) is 11.7. The molecule has 2 aromatic rings. The zero-order valence-electron chi connectivity index (χ0n) is 10.8. The van der Waals surface area contributed by atoms with Crippen LogP contribution in [0.3, 0.4) is 0 Å². The maximum Gasteiger partial charge on any atom is 0.314 e. The van der Waals surface area contributed by atoms with Crippen molar-refractivity contribution in [2.75, 3.05) is 6.61 Å². The fourth-order valence-corrected chi connectivity index (χ4v) is 3.75. The minimum absolute atomic E-state index is 0.0918. The minimum atomic E-state index is -0.144. The second-order valence-electron chi connectivity index (χ2n) is 4.75. The van der Waals surface area contributed by atoms with Gasteiger partial charge in [0.15, 0.2) is 0 Å². The molecule has 0 aliphatic heterocycles. The zero-order chi connectivity index (χ0) is 13.2. The fraction of sp³-hybridized carbons (Fsp3) is 0.312. The van der Waals surface area contributed by atoms with Gasteiger partial charge in [0.2, 0.25) is 0 Å². The van der Waals surface area contributed by atoms with Crippen molar-refractivity contribution in [1.82, 2.24) is 0 Å². The third kappa shape index (κ3) is 2.19. The smallest absolute Gasteiger partial charge is 0.314 e. The number of fused-ring (bicyclic) bond motifs is 1. The Bertz CT molecular complexity index is 574. The van der Waals surface area contributed by atoms with Crippen molar-refractivity contribution < 1.29 is 9.53 Å². The molecule has 1 aliphatic rings. The molecule has 3 rings (SSSR count). The fourth-order valence-electron chi connectivity index (χ4n) is 2.89. The van der Waals surface area contributed by atoms with Gasteiger partial charge in [-0.3, -0.25) is 4.79 Å². The van der Waals surface area contributed by atoms with Crippen molar-refractivity contribution in [2.24, 2.45) is 0 Å². The van der Waals surface area contributed by atoms with Crippen LogP contribution in [-0.4, -0.2) is 12.6 Å². The first-order valence-corrected chi connectivity index (χ1v) is 7.47. The van der Waals surface area contributed by atoms with E-state index in [0.717, 1.165) is 12.0 Å². The van der Waals surface area contributed by atoms with E-state index in [-0.39, 0.29) is 17.8 Å². The van der Waals surface area contributed by atoms with E-state index in [0.29, 0.717) is 6.61 Å². The number of rotatable bonds is 3. The second-order valence-corrected chi connectivity index (χ2v) is 5.73. The van der Waals surface area contributed by atoms with Crippen LogP contribution in [0.2, 0.25) is 0 Å². The van der Waals surface area contributed by atoms with E-state index in [1.807, 2.05) is 25.1 Å². The normalized spacial score (nSPS) is 21.1. The first-order chi connectivity index (χ1) is 9.31. The van der Waals surface area contributed by atoms with E-state index in [1.165, 1.54) is 10.4 Å². The molecule has 0 radical (unpaired) electrons. The number of ether oxygens (including phenoxy) is 1. The molecule has 0 saturated carbocycles. The summed E-state index contributed by atoms with van der Waals surface area (Å²) in [4.78, 5) is 13.6. The molecule has 1 aromatic carbocycles. The third-order valence-electron chi connectivity index (χ3n) is 3.68. The number of carbonyl (C=O) groups excluding carboxylic acids is 1. The standard InChI is InChI=1S/C16H16O2S/c1-2-18-16(17)15-12-7-4-3-6-11(12)10-13(15)14-8-5-9-19-14/h3-9,13,15H,2,10H2,1H3. The molecule has 1 aliphatic carbocycles. The highest BCUT2D eigenvalue weighted by Gasteiger charge is 2.39. The highest BCUT2D eigenvalue weighted by molar-refractivity contribution is 7.10. The Balaban J connectivity index is 2.00. The Morgan fingerprint density at radius 2 is 2.16 bits per heavy atom. The molecule has 19 heavy (non-hydrogen) atoms. The molecule has 1 aromatic heterocycles. The third-order valence-corrected chi connectivity index (χ3v) is 4.69. The maximum atomic E-state index is 12.3. The number of hydrogen-bond acceptors (Lipinski definition) is 3. The van der Waals surface area contributed by atoms with E-state index in [2.05, 4.69) is 23.6 Å². The van der Waals surface area contributed by atoms with E-state index >= 15 is 0 Å². The number of carbonyl (C=O) groups is 1. The summed E-state index contributed by atoms with van der Waals surface area (Å²) in [6.07, 6.45) is 0.931. The number of hydrogen-bond donors (Lipinski definition) is 0. The average molecular weight is 272 g/mol. The molecule has 0 bridgehead atoms. The van der Waals surface area contributed by atoms with Gasteiger partial charge >= 0.3 is 5.97 Å². The van der Waals surface area contributed by atoms with Gasteiger partial charge in [-0.1, -0.05) is 30.3 Å². The summed E-state index contributed by atoms with van der Waals surface area (Å²) >= 11 is 1.72. The lowest BCUT2D eigenvalue weighted by molar-refractivity contribution is -0.145. The molecule has 0 N–H and O–H groups in total. The quantitative estimate of drug-likeness (QED) is 0.796. The molecular formula is C16H16O2S. The summed E-state index contributed by atoms with van der Waals surface area (Å²) in [5.41, 5.74) is 2.42. The van der Waals surface area contributed by atoms with Gasteiger partial charge in [0.05, 0.1) is 12.5 Å². The topological polar surface area (TPSA) is 26.3 Å². The highest BCUT2D eigenvalue weighted by Crippen LogP contribution is 2.45. The predicted octanol–water partition coefficient (Wildman–Crippen LogP) is 3.73. The number of esters is 1. The van der Waals surface area contributed by atoms with Gasteiger partial charge in [-0.2, -0.15) is 0 Å². The van der Waals surface area contributed by atoms with Gasteiger partial charge in [-0.25, -0.2) is 0 Å². The summed E-state index contributed by atoms with van der Waals surface area (Å²) in [7, 11) is 0. The van der Waals surface area contributed by atoms with Crippen molar-refractivity contribution >= 4 is 17.3 Å². The van der Waals surface area contributed by atoms with Crippen molar-refractivity contribution in [3.05, 3.63) is 57.8 Å². The van der Waals surface area contributed by atoms with Crippen molar-refractivity contribution in [1.29, 1.82) is 0 Å². The molecule has 2 nitrogen and oxygen atoms in total. The van der Waals surface area contributed by atoms with Crippen LogP contribution in [0.5, 0.6) is 0 Å². The van der Waals surface area contributed by atoms with Gasteiger partial charge in [-0.15, -0.1) is 11.3 Å². The van der Waals surface area contributed by atoms with Crippen LogP contribution in [-0.2, 0) is 16.0 Å². The van der Waals surface area contributed by atoms with E-state index in [1.54, 1.807) is 11.3 Å². The number of thiophene rings is 1. The Morgan fingerprint density at radius 1 is 1.32 bits per heavy atom. The first kappa shape index (κ1) is 12.4. The lowest BCUT2D eigenvalue weighted by atomic mass is 9.91. The average Bonchev–Trinajstić information content (AvgIpc) is 3.06. The van der Waals surface area contributed by atoms with E-state index in [9.17, 15) is 4.79 Å². The van der Waals surface area contributed by atoms with Crippen molar-refractivity contribution in [3.8, 4) is 0 Å². The van der Waals surface area contributed by atoms with Crippen LogP contribution in [0, 0.1) is 0 Å². The molecule has 0 spiro atoms. The molecule has 98 valence electrons. The maximum absolute atomic E-state index is 12.3. The Kier molecular flexibility index (Phi) is 3.38. The van der Waals surface area contributed by atoms with Crippen LogP contribution in [0.1, 0.15) is 34.8 Å². The minimum Gasteiger partial charge on any atom is -0.466 e. The summed E-state index contributed by atoms with van der Waals surface area (Å²) in [6.45, 7) is 2.30. The highest BCUT2D eigenvalue weighted by atomic mass is 32.1. The van der Waals surface area contributed by atoms with E-state index < -0.39 is 0 Å². The van der Waals surface area contributed by atoms with Crippen LogP contribution in [0.4, 0.5) is 0 Å². The van der Waals surface area contributed by atoms with Crippen molar-refractivity contribution in [3.63, 3.8) is 0 Å². The largest absolute Gasteiger partial charge is 0.466 e. The molecule has 3 heteroatoms. The Labute approximate surface area is 117 Å². The molecule has 2 atom stereocenters. The Morgan fingerprint density at radius 3 is 2.89 bits per heavy atom. The molecule has 0 fully saturated rings. The predicted molar refractivity (Wildman–Crippen MR) is 76.6 cm³/mol. The van der Waals surface area contributed by atoms with Gasteiger partial charge in [-0.05, 0) is 35.9 Å². The van der Waals surface area contributed by atoms with Crippen LogP contribution >= 0.6 is 11.3 Å². The van der Waals surface area contributed by atoms with Gasteiger partial charge in [0, 0.05) is 10.8 Å². The monoisotopic (exact) mass is 272 g/mol. The second kappa shape index (κ2) is 5.17. The molecule has 1 heterocycles. The molecule has 0 amide bonds. The van der Waals surface area contributed by atoms with Gasteiger partial charge in [0.1, 0.15) is 0 Å². The van der Waals surface area contributed by atoms with Crippen LogP contribution < -0.4 is 0 Å². The molecular weight excluding hydrogens is 256 g/mol. The molecule has 2 unspecified atom stereocenters. The van der Waals surface area contributed by atoms with Gasteiger partial charge < -0.3 is 4.74 Å². The Hall–Kier alpha value is -1.61. The van der Waals surface area contributed by atoms with Gasteiger partial charge in [0.25, 0.3) is 0 Å². The summed E-state index contributed by atoms with van der Waals surface area (Å²) in [5, 5.41) is 2.07. The summed E-state index contributed by atoms with van der Waals surface area (Å²) in [5.74, 6) is -0.00269. The van der Waals surface area contributed by atoms with Crippen molar-refractivity contribution in [2.45, 2.75) is 25.2 Å². The summed E-state index contributed by atoms with van der Waals surface area (Å²) < 4.78 is 5.28. The first-order valence-electron chi connectivity index (χ1n) is 6.59. The molecule has 0 saturated heterocycles. The van der Waals surface area contributed by atoms with Crippen LogP contribution in [0.25, 0.3) is 0 Å². The van der Waals surface area contributed by atoms with E-state index in [4.69, 9.17) is 4.74 Å². The number of benzene rings is 1.